The number of furan rings is 1. The summed E-state index contributed by atoms with van der Waals surface area (Å²) in [6, 6.07) is 22.5. The molecule has 102 valence electrons. The molecule has 0 unspecified atom stereocenters. The Kier molecular flexibility index (Phi) is 2.68. The van der Waals surface area contributed by atoms with Gasteiger partial charge in [-0.05, 0) is 35.7 Å². The minimum Gasteiger partial charge on any atom is -0.456 e. The quantitative estimate of drug-likeness (QED) is 0.535. The van der Waals surface area contributed by atoms with Gasteiger partial charge >= 0.3 is 0 Å². The first-order valence-electron chi connectivity index (χ1n) is 7.05. The van der Waals surface area contributed by atoms with Gasteiger partial charge in [0.15, 0.2) is 0 Å². The van der Waals surface area contributed by atoms with Gasteiger partial charge in [-0.2, -0.15) is 0 Å². The second kappa shape index (κ2) is 4.67. The van der Waals surface area contributed by atoms with Crippen LogP contribution in [0.3, 0.4) is 0 Å². The van der Waals surface area contributed by atoms with Crippen LogP contribution in [0.2, 0.25) is 0 Å². The Hall–Kier alpha value is -2.74. The van der Waals surface area contributed by atoms with Crippen molar-refractivity contribution in [3.05, 3.63) is 77.9 Å². The van der Waals surface area contributed by atoms with Gasteiger partial charge in [-0.25, -0.2) is 0 Å². The maximum Gasteiger partial charge on any atom is 0.137 e. The minimum atomic E-state index is 0.770. The number of hydrogen-bond donors (Lipinski definition) is 1. The van der Waals surface area contributed by atoms with Gasteiger partial charge in [-0.3, -0.25) is 0 Å². The van der Waals surface area contributed by atoms with E-state index in [1.54, 1.807) is 0 Å². The first kappa shape index (κ1) is 12.0. The first-order valence-corrected chi connectivity index (χ1v) is 7.05. The molecule has 0 bridgehead atoms. The highest BCUT2D eigenvalue weighted by atomic mass is 16.3. The van der Waals surface area contributed by atoms with E-state index in [0.29, 0.717) is 0 Å². The fourth-order valence-corrected chi connectivity index (χ4v) is 2.93. The highest BCUT2D eigenvalue weighted by Crippen LogP contribution is 2.35. The highest BCUT2D eigenvalue weighted by molar-refractivity contribution is 6.12. The molecule has 21 heavy (non-hydrogen) atoms. The van der Waals surface area contributed by atoms with Crippen molar-refractivity contribution in [1.29, 1.82) is 0 Å². The van der Waals surface area contributed by atoms with Crippen molar-refractivity contribution >= 4 is 27.6 Å². The summed E-state index contributed by atoms with van der Waals surface area (Å²) in [5, 5.41) is 2.16. The highest BCUT2D eigenvalue weighted by Gasteiger charge is 2.13. The van der Waals surface area contributed by atoms with Crippen LogP contribution in [0.5, 0.6) is 0 Å². The van der Waals surface area contributed by atoms with Crippen LogP contribution in [0.1, 0.15) is 11.1 Å². The lowest BCUT2D eigenvalue weighted by Crippen LogP contribution is -1.90. The standard InChI is InChI=1S/C19H15NO/c20-15-9-5-11-17-19(15)18-14(8-4-10-16(18)21-17)12-13-6-2-1-3-7-13/h1-11H,12,20H2. The Morgan fingerprint density at radius 2 is 1.43 bits per heavy atom. The Bertz CT molecular complexity index is 922. The zero-order valence-electron chi connectivity index (χ0n) is 11.5. The normalized spacial score (nSPS) is 11.2. The Morgan fingerprint density at radius 3 is 2.24 bits per heavy atom. The maximum atomic E-state index is 6.17. The summed E-state index contributed by atoms with van der Waals surface area (Å²) >= 11 is 0. The molecule has 0 radical (unpaired) electrons. The van der Waals surface area contributed by atoms with E-state index in [4.69, 9.17) is 10.2 Å². The van der Waals surface area contributed by atoms with E-state index >= 15 is 0 Å². The Labute approximate surface area is 122 Å². The largest absolute Gasteiger partial charge is 0.456 e. The molecule has 4 aromatic rings. The van der Waals surface area contributed by atoms with Crippen molar-refractivity contribution in [1.82, 2.24) is 0 Å². The SMILES string of the molecule is Nc1cccc2oc3cccc(Cc4ccccc4)c3c12. The molecule has 0 fully saturated rings. The Balaban J connectivity index is 1.99. The Morgan fingerprint density at radius 1 is 0.714 bits per heavy atom. The van der Waals surface area contributed by atoms with Crippen LogP contribution in [-0.4, -0.2) is 0 Å². The molecule has 0 aliphatic carbocycles. The number of fused-ring (bicyclic) bond motifs is 3. The second-order valence-corrected chi connectivity index (χ2v) is 5.28. The van der Waals surface area contributed by atoms with Crippen molar-refractivity contribution < 1.29 is 4.42 Å². The lowest BCUT2D eigenvalue weighted by molar-refractivity contribution is 0.669. The third kappa shape index (κ3) is 1.96. The lowest BCUT2D eigenvalue weighted by atomic mass is 9.99. The minimum absolute atomic E-state index is 0.770. The number of nitrogen functional groups attached to an aromatic ring is 1. The summed E-state index contributed by atoms with van der Waals surface area (Å²) in [6.45, 7) is 0. The fraction of sp³-hybridized carbons (Fsp3) is 0.0526. The molecule has 4 rings (SSSR count). The zero-order chi connectivity index (χ0) is 14.2. The number of benzene rings is 3. The van der Waals surface area contributed by atoms with Crippen molar-refractivity contribution in [3.8, 4) is 0 Å². The average molecular weight is 273 g/mol. The van der Waals surface area contributed by atoms with E-state index in [-0.39, 0.29) is 0 Å². The molecule has 2 N–H and O–H groups in total. The molecule has 2 heteroatoms. The van der Waals surface area contributed by atoms with Gasteiger partial charge in [-0.1, -0.05) is 48.5 Å². The molecule has 0 amide bonds. The van der Waals surface area contributed by atoms with E-state index < -0.39 is 0 Å². The molecule has 0 aliphatic rings. The van der Waals surface area contributed by atoms with Crippen LogP contribution < -0.4 is 5.73 Å². The maximum absolute atomic E-state index is 6.17. The van der Waals surface area contributed by atoms with E-state index in [0.717, 1.165) is 34.0 Å². The first-order chi connectivity index (χ1) is 10.3. The molecule has 0 saturated carbocycles. The van der Waals surface area contributed by atoms with Crippen LogP contribution in [0, 0.1) is 0 Å². The molecule has 1 heterocycles. The van der Waals surface area contributed by atoms with Crippen LogP contribution in [0.4, 0.5) is 5.69 Å². The zero-order valence-corrected chi connectivity index (χ0v) is 11.5. The van der Waals surface area contributed by atoms with Gasteiger partial charge in [0.25, 0.3) is 0 Å². The monoisotopic (exact) mass is 273 g/mol. The van der Waals surface area contributed by atoms with Gasteiger partial charge in [0, 0.05) is 11.1 Å². The number of rotatable bonds is 2. The van der Waals surface area contributed by atoms with Crippen LogP contribution >= 0.6 is 0 Å². The molecule has 0 spiro atoms. The van der Waals surface area contributed by atoms with E-state index in [1.165, 1.54) is 11.1 Å². The molecule has 1 aromatic heterocycles. The van der Waals surface area contributed by atoms with Crippen molar-refractivity contribution in [2.24, 2.45) is 0 Å². The summed E-state index contributed by atoms with van der Waals surface area (Å²) in [5.41, 5.74) is 11.2. The average Bonchev–Trinajstić information content (AvgIpc) is 2.89. The smallest absolute Gasteiger partial charge is 0.137 e. The van der Waals surface area contributed by atoms with Gasteiger partial charge in [0.1, 0.15) is 11.2 Å². The van der Waals surface area contributed by atoms with Crippen molar-refractivity contribution in [2.45, 2.75) is 6.42 Å². The molecule has 0 aliphatic heterocycles. The topological polar surface area (TPSA) is 39.2 Å². The number of hydrogen-bond acceptors (Lipinski definition) is 2. The van der Waals surface area contributed by atoms with Crippen molar-refractivity contribution in [2.75, 3.05) is 5.73 Å². The summed E-state index contributed by atoms with van der Waals surface area (Å²) in [6.07, 6.45) is 0.876. The third-order valence-electron chi connectivity index (χ3n) is 3.88. The fourth-order valence-electron chi connectivity index (χ4n) is 2.93. The van der Waals surface area contributed by atoms with Gasteiger partial charge < -0.3 is 10.2 Å². The van der Waals surface area contributed by atoms with Crippen LogP contribution in [0.15, 0.2) is 71.1 Å². The van der Waals surface area contributed by atoms with Gasteiger partial charge in [-0.15, -0.1) is 0 Å². The predicted octanol–water partition coefficient (Wildman–Crippen LogP) is 4.76. The number of anilines is 1. The van der Waals surface area contributed by atoms with E-state index in [2.05, 4.69) is 30.3 Å². The van der Waals surface area contributed by atoms with E-state index in [9.17, 15) is 0 Å². The van der Waals surface area contributed by atoms with E-state index in [1.807, 2.05) is 36.4 Å². The summed E-state index contributed by atoms with van der Waals surface area (Å²) < 4.78 is 5.93. The summed E-state index contributed by atoms with van der Waals surface area (Å²) in [4.78, 5) is 0. The van der Waals surface area contributed by atoms with Gasteiger partial charge in [0.05, 0.1) is 5.39 Å². The molecule has 0 saturated heterocycles. The predicted molar refractivity (Wildman–Crippen MR) is 87.4 cm³/mol. The van der Waals surface area contributed by atoms with Crippen LogP contribution in [0.25, 0.3) is 21.9 Å². The molecular weight excluding hydrogens is 258 g/mol. The summed E-state index contributed by atoms with van der Waals surface area (Å²) in [5.74, 6) is 0. The lowest BCUT2D eigenvalue weighted by Gasteiger charge is -2.04. The molecule has 3 aromatic carbocycles. The molecule has 2 nitrogen and oxygen atoms in total. The second-order valence-electron chi connectivity index (χ2n) is 5.28. The number of nitrogens with two attached hydrogens (primary N) is 1. The van der Waals surface area contributed by atoms with Gasteiger partial charge in [0.2, 0.25) is 0 Å². The van der Waals surface area contributed by atoms with Crippen LogP contribution in [-0.2, 0) is 6.42 Å². The molecular formula is C19H15NO. The summed E-state index contributed by atoms with van der Waals surface area (Å²) in [7, 11) is 0. The van der Waals surface area contributed by atoms with Crippen molar-refractivity contribution in [3.63, 3.8) is 0 Å². The molecule has 0 atom stereocenters. The third-order valence-corrected chi connectivity index (χ3v) is 3.88.